The van der Waals surface area contributed by atoms with Crippen LogP contribution in [0.4, 0.5) is 0 Å². The van der Waals surface area contributed by atoms with E-state index >= 15 is 0 Å². The second-order valence-electron chi connectivity index (χ2n) is 10.3. The SMILES string of the molecule is C=CCC[C@H](O)CN(CC(=O)N1CCc2sccc2[C@@H]1COc1ccc(C(C)C)cc1)CC1CC1. The lowest BCUT2D eigenvalue weighted by Gasteiger charge is -2.37. The molecule has 1 aromatic carbocycles. The van der Waals surface area contributed by atoms with Crippen LogP contribution in [0.25, 0.3) is 0 Å². The fourth-order valence-electron chi connectivity index (χ4n) is 4.85. The summed E-state index contributed by atoms with van der Waals surface area (Å²) in [6, 6.07) is 10.4. The van der Waals surface area contributed by atoms with E-state index in [2.05, 4.69) is 48.9 Å². The van der Waals surface area contributed by atoms with Crippen LogP contribution in [0.3, 0.4) is 0 Å². The fourth-order valence-corrected chi connectivity index (χ4v) is 5.78. The minimum Gasteiger partial charge on any atom is -0.491 e. The van der Waals surface area contributed by atoms with Gasteiger partial charge in [0.1, 0.15) is 12.4 Å². The maximum absolute atomic E-state index is 13.6. The maximum atomic E-state index is 13.6. The number of carbonyl (C=O) groups excluding carboxylic acids is 1. The second-order valence-corrected chi connectivity index (χ2v) is 11.3. The van der Waals surface area contributed by atoms with Crippen LogP contribution in [0.1, 0.15) is 67.5 Å². The molecule has 1 saturated carbocycles. The molecule has 2 aromatic rings. The van der Waals surface area contributed by atoms with Gasteiger partial charge in [-0.1, -0.05) is 32.1 Å². The highest BCUT2D eigenvalue weighted by atomic mass is 32.1. The van der Waals surface area contributed by atoms with Crippen molar-refractivity contribution in [2.75, 3.05) is 32.8 Å². The molecule has 0 radical (unpaired) electrons. The zero-order valence-corrected chi connectivity index (χ0v) is 22.0. The number of allylic oxidation sites excluding steroid dienone is 1. The Morgan fingerprint density at radius 3 is 2.74 bits per heavy atom. The summed E-state index contributed by atoms with van der Waals surface area (Å²) in [6.07, 6.45) is 6.22. The zero-order chi connectivity index (χ0) is 24.8. The lowest BCUT2D eigenvalue weighted by atomic mass is 10.00. The zero-order valence-electron chi connectivity index (χ0n) is 21.2. The molecule has 35 heavy (non-hydrogen) atoms. The summed E-state index contributed by atoms with van der Waals surface area (Å²) < 4.78 is 6.22. The van der Waals surface area contributed by atoms with E-state index in [1.165, 1.54) is 28.8 Å². The number of ether oxygens (including phenoxy) is 1. The Morgan fingerprint density at radius 1 is 1.29 bits per heavy atom. The predicted octanol–water partition coefficient (Wildman–Crippen LogP) is 5.42. The first-order chi connectivity index (χ1) is 16.9. The summed E-state index contributed by atoms with van der Waals surface area (Å²) in [5, 5.41) is 12.6. The number of rotatable bonds is 13. The number of hydrogen-bond donors (Lipinski definition) is 1. The second kappa shape index (κ2) is 12.2. The normalized spacial score (nSPS) is 18.5. The van der Waals surface area contributed by atoms with Crippen molar-refractivity contribution in [3.8, 4) is 5.75 Å². The summed E-state index contributed by atoms with van der Waals surface area (Å²) in [5.41, 5.74) is 2.51. The third-order valence-electron chi connectivity index (χ3n) is 7.11. The van der Waals surface area contributed by atoms with Gasteiger partial charge in [-0.25, -0.2) is 0 Å². The van der Waals surface area contributed by atoms with E-state index in [4.69, 9.17) is 4.74 Å². The molecule has 1 aliphatic carbocycles. The molecule has 0 saturated heterocycles. The number of fused-ring (bicyclic) bond motifs is 1. The average Bonchev–Trinajstić information content (AvgIpc) is 3.53. The van der Waals surface area contributed by atoms with Crippen LogP contribution in [-0.2, 0) is 11.2 Å². The topological polar surface area (TPSA) is 53.0 Å². The summed E-state index contributed by atoms with van der Waals surface area (Å²) in [5.74, 6) is 2.11. The molecule has 1 aromatic heterocycles. The van der Waals surface area contributed by atoms with Gasteiger partial charge in [0, 0.05) is 24.5 Å². The van der Waals surface area contributed by atoms with Gasteiger partial charge in [0.2, 0.25) is 5.91 Å². The number of amides is 1. The summed E-state index contributed by atoms with van der Waals surface area (Å²) in [6.45, 7) is 11.1. The van der Waals surface area contributed by atoms with Crippen molar-refractivity contribution in [3.05, 3.63) is 64.4 Å². The van der Waals surface area contributed by atoms with Crippen molar-refractivity contribution in [2.24, 2.45) is 5.92 Å². The van der Waals surface area contributed by atoms with Crippen LogP contribution in [0.2, 0.25) is 0 Å². The lowest BCUT2D eigenvalue weighted by molar-refractivity contribution is -0.136. The van der Waals surface area contributed by atoms with Crippen LogP contribution < -0.4 is 4.74 Å². The molecule has 1 amide bonds. The Hall–Kier alpha value is -2.15. The van der Waals surface area contributed by atoms with Crippen molar-refractivity contribution in [3.63, 3.8) is 0 Å². The Kier molecular flexibility index (Phi) is 9.04. The molecule has 1 fully saturated rings. The van der Waals surface area contributed by atoms with Crippen LogP contribution in [0, 0.1) is 5.92 Å². The molecule has 1 aliphatic heterocycles. The standard InChI is InChI=1S/C29H40N2O3S/c1-4-5-6-24(32)18-30(17-22-7-8-22)19-29(33)31-15-13-28-26(14-16-35-28)27(31)20-34-25-11-9-23(10-12-25)21(2)3/h4,9-12,14,16,21-22,24,27,32H,1,5-8,13,15,17-20H2,2-3H3/t24-,27-/m0/s1. The van der Waals surface area contributed by atoms with Crippen LogP contribution in [0.15, 0.2) is 48.4 Å². The molecule has 2 aliphatic rings. The summed E-state index contributed by atoms with van der Waals surface area (Å²) >= 11 is 1.77. The Bertz CT molecular complexity index is 967. The first-order valence-corrected chi connectivity index (χ1v) is 13.9. The minimum atomic E-state index is -0.433. The molecular weight excluding hydrogens is 456 g/mol. The summed E-state index contributed by atoms with van der Waals surface area (Å²) in [7, 11) is 0. The predicted molar refractivity (Wildman–Crippen MR) is 143 cm³/mol. The van der Waals surface area contributed by atoms with Gasteiger partial charge >= 0.3 is 0 Å². The number of thiophene rings is 1. The Balaban J connectivity index is 1.43. The smallest absolute Gasteiger partial charge is 0.237 e. The van der Waals surface area contributed by atoms with Gasteiger partial charge in [0.15, 0.2) is 0 Å². The molecule has 5 nitrogen and oxygen atoms in total. The third-order valence-corrected chi connectivity index (χ3v) is 8.11. The van der Waals surface area contributed by atoms with Crippen LogP contribution in [0.5, 0.6) is 5.75 Å². The van der Waals surface area contributed by atoms with Gasteiger partial charge in [-0.05, 0) is 78.6 Å². The molecule has 0 bridgehead atoms. The molecular formula is C29H40N2O3S. The van der Waals surface area contributed by atoms with E-state index in [9.17, 15) is 9.90 Å². The van der Waals surface area contributed by atoms with Crippen molar-refractivity contribution in [1.82, 2.24) is 9.80 Å². The highest BCUT2D eigenvalue weighted by molar-refractivity contribution is 7.10. The third kappa shape index (κ3) is 7.18. The molecule has 2 heterocycles. The number of aliphatic hydroxyl groups excluding tert-OH is 1. The van der Waals surface area contributed by atoms with Crippen molar-refractivity contribution in [2.45, 2.75) is 64.0 Å². The molecule has 2 atom stereocenters. The monoisotopic (exact) mass is 496 g/mol. The van der Waals surface area contributed by atoms with Gasteiger partial charge in [-0.15, -0.1) is 17.9 Å². The van der Waals surface area contributed by atoms with Crippen LogP contribution >= 0.6 is 11.3 Å². The number of nitrogens with zero attached hydrogens (tertiary/aromatic N) is 2. The molecule has 6 heteroatoms. The van der Waals surface area contributed by atoms with Crippen molar-refractivity contribution >= 4 is 17.2 Å². The lowest BCUT2D eigenvalue weighted by Crippen LogP contribution is -2.48. The van der Waals surface area contributed by atoms with Gasteiger partial charge in [-0.3, -0.25) is 9.69 Å². The molecule has 4 rings (SSSR count). The number of aliphatic hydroxyl groups is 1. The van der Waals surface area contributed by atoms with Crippen molar-refractivity contribution in [1.29, 1.82) is 0 Å². The Morgan fingerprint density at radius 2 is 2.06 bits per heavy atom. The first kappa shape index (κ1) is 25.9. The van der Waals surface area contributed by atoms with E-state index in [1.807, 2.05) is 23.1 Å². The molecule has 0 spiro atoms. The minimum absolute atomic E-state index is 0.0873. The van der Waals surface area contributed by atoms with E-state index < -0.39 is 6.10 Å². The highest BCUT2D eigenvalue weighted by Crippen LogP contribution is 2.35. The maximum Gasteiger partial charge on any atom is 0.237 e. The van der Waals surface area contributed by atoms with Gasteiger partial charge in [0.25, 0.3) is 0 Å². The number of carbonyl (C=O) groups is 1. The van der Waals surface area contributed by atoms with Gasteiger partial charge in [0.05, 0.1) is 18.7 Å². The Labute approximate surface area is 214 Å². The molecule has 1 N–H and O–H groups in total. The van der Waals surface area contributed by atoms with Crippen molar-refractivity contribution < 1.29 is 14.6 Å². The van der Waals surface area contributed by atoms with E-state index in [0.717, 1.165) is 25.1 Å². The summed E-state index contributed by atoms with van der Waals surface area (Å²) in [4.78, 5) is 19.1. The largest absolute Gasteiger partial charge is 0.491 e. The molecule has 0 unspecified atom stereocenters. The van der Waals surface area contributed by atoms with Gasteiger partial charge in [-0.2, -0.15) is 0 Å². The van der Waals surface area contributed by atoms with Crippen LogP contribution in [-0.4, -0.2) is 59.7 Å². The van der Waals surface area contributed by atoms with E-state index in [0.29, 0.717) is 44.5 Å². The van der Waals surface area contributed by atoms with Gasteiger partial charge < -0.3 is 14.7 Å². The molecule has 190 valence electrons. The van der Waals surface area contributed by atoms with E-state index in [1.54, 1.807) is 11.3 Å². The quantitative estimate of drug-likeness (QED) is 0.377. The number of hydrogen-bond acceptors (Lipinski definition) is 5. The number of benzene rings is 1. The highest BCUT2D eigenvalue weighted by Gasteiger charge is 2.34. The average molecular weight is 497 g/mol. The fraction of sp³-hybridized carbons (Fsp3) is 0.552. The van der Waals surface area contributed by atoms with E-state index in [-0.39, 0.29) is 11.9 Å². The first-order valence-electron chi connectivity index (χ1n) is 13.0.